The van der Waals surface area contributed by atoms with Crippen LogP contribution in [0.5, 0.6) is 0 Å². The van der Waals surface area contributed by atoms with E-state index in [4.69, 9.17) is 25.5 Å². The van der Waals surface area contributed by atoms with E-state index >= 15 is 0 Å². The van der Waals surface area contributed by atoms with Gasteiger partial charge in [-0.15, -0.1) is 0 Å². The number of halogens is 1. The molecule has 1 aromatic heterocycles. The molecule has 0 spiro atoms. The number of esters is 1. The molecule has 3 rings (SSSR count). The zero-order chi connectivity index (χ0) is 20.8. The number of hydrogen-bond donors (Lipinski definition) is 0. The first-order chi connectivity index (χ1) is 14.0. The quantitative estimate of drug-likeness (QED) is 0.665. The molecule has 2 amide bonds. The fourth-order valence-electron chi connectivity index (χ4n) is 2.77. The molecule has 2 heterocycles. The fourth-order valence-corrected chi connectivity index (χ4v) is 2.99. The molecule has 0 aliphatic carbocycles. The summed E-state index contributed by atoms with van der Waals surface area (Å²) in [6.45, 7) is 1.40. The average Bonchev–Trinajstić information content (AvgIpc) is 3.22. The number of hydrogen-bond acceptors (Lipinski definition) is 6. The number of likely N-dealkylation sites (N-methyl/N-ethyl adjacent to an activating group) is 1. The number of amides is 2. The Hall–Kier alpha value is -2.84. The van der Waals surface area contributed by atoms with Crippen molar-refractivity contribution in [1.29, 1.82) is 0 Å². The number of morpholine rings is 1. The van der Waals surface area contributed by atoms with Crippen LogP contribution in [0, 0.1) is 0 Å². The van der Waals surface area contributed by atoms with Gasteiger partial charge >= 0.3 is 5.97 Å². The first-order valence-electron chi connectivity index (χ1n) is 9.07. The molecule has 0 unspecified atom stereocenters. The predicted octanol–water partition coefficient (Wildman–Crippen LogP) is 2.07. The lowest BCUT2D eigenvalue weighted by atomic mass is 10.2. The van der Waals surface area contributed by atoms with E-state index in [0.29, 0.717) is 42.6 Å². The van der Waals surface area contributed by atoms with Gasteiger partial charge in [-0.3, -0.25) is 9.59 Å². The lowest BCUT2D eigenvalue weighted by Gasteiger charge is -2.28. The number of carbonyl (C=O) groups excluding carboxylic acids is 3. The summed E-state index contributed by atoms with van der Waals surface area (Å²) < 4.78 is 15.7. The summed E-state index contributed by atoms with van der Waals surface area (Å²) in [6.07, 6.45) is 0. The van der Waals surface area contributed by atoms with Crippen molar-refractivity contribution in [3.8, 4) is 11.3 Å². The summed E-state index contributed by atoms with van der Waals surface area (Å²) in [6, 6.07) is 10.1. The average molecular weight is 421 g/mol. The predicted molar refractivity (Wildman–Crippen MR) is 104 cm³/mol. The standard InChI is InChI=1S/C20H21ClN2O6/c1-22(12-18(24)23-8-10-27-11-9-23)19(25)13-28-20(26)17-7-6-16(29-17)14-4-2-3-5-15(14)21/h2-7H,8-13H2,1H3. The Labute approximate surface area is 172 Å². The third-order valence-corrected chi connectivity index (χ3v) is 4.76. The molecule has 29 heavy (non-hydrogen) atoms. The summed E-state index contributed by atoms with van der Waals surface area (Å²) in [5.41, 5.74) is 0.644. The van der Waals surface area contributed by atoms with Crippen molar-refractivity contribution < 1.29 is 28.3 Å². The van der Waals surface area contributed by atoms with Crippen LogP contribution in [-0.2, 0) is 19.1 Å². The summed E-state index contributed by atoms with van der Waals surface area (Å²) in [5, 5.41) is 0.489. The number of furan rings is 1. The van der Waals surface area contributed by atoms with Crippen LogP contribution in [0.2, 0.25) is 5.02 Å². The van der Waals surface area contributed by atoms with E-state index in [1.165, 1.54) is 18.0 Å². The van der Waals surface area contributed by atoms with Gasteiger partial charge in [-0.1, -0.05) is 23.7 Å². The molecule has 9 heteroatoms. The van der Waals surface area contributed by atoms with E-state index in [1.54, 1.807) is 35.2 Å². The highest BCUT2D eigenvalue weighted by atomic mass is 35.5. The Morgan fingerprint density at radius 3 is 2.59 bits per heavy atom. The third kappa shape index (κ3) is 5.36. The molecule has 1 saturated heterocycles. The van der Waals surface area contributed by atoms with Crippen LogP contribution in [0.25, 0.3) is 11.3 Å². The lowest BCUT2D eigenvalue weighted by molar-refractivity contribution is -0.143. The Bertz CT molecular complexity index is 891. The molecule has 0 bridgehead atoms. The van der Waals surface area contributed by atoms with E-state index in [9.17, 15) is 14.4 Å². The maximum absolute atomic E-state index is 12.2. The second-order valence-electron chi connectivity index (χ2n) is 6.46. The molecule has 1 aromatic carbocycles. The van der Waals surface area contributed by atoms with Gasteiger partial charge in [0.15, 0.2) is 6.61 Å². The number of carbonyl (C=O) groups is 3. The van der Waals surface area contributed by atoms with Crippen LogP contribution in [-0.4, -0.2) is 74.1 Å². The highest BCUT2D eigenvalue weighted by Gasteiger charge is 2.22. The lowest BCUT2D eigenvalue weighted by Crippen LogP contribution is -2.46. The molecular weight excluding hydrogens is 400 g/mol. The van der Waals surface area contributed by atoms with Crippen molar-refractivity contribution in [2.45, 2.75) is 0 Å². The summed E-state index contributed by atoms with van der Waals surface area (Å²) >= 11 is 6.12. The zero-order valence-corrected chi connectivity index (χ0v) is 16.7. The third-order valence-electron chi connectivity index (χ3n) is 4.44. The first kappa shape index (κ1) is 20.9. The smallest absolute Gasteiger partial charge is 0.374 e. The maximum Gasteiger partial charge on any atom is 0.374 e. The van der Waals surface area contributed by atoms with Gasteiger partial charge in [0, 0.05) is 25.7 Å². The van der Waals surface area contributed by atoms with Crippen LogP contribution >= 0.6 is 11.6 Å². The van der Waals surface area contributed by atoms with Crippen LogP contribution in [0.15, 0.2) is 40.8 Å². The monoisotopic (exact) mass is 420 g/mol. The van der Waals surface area contributed by atoms with E-state index in [1.807, 2.05) is 0 Å². The molecule has 0 N–H and O–H groups in total. The maximum atomic E-state index is 12.2. The summed E-state index contributed by atoms with van der Waals surface area (Å²) in [7, 11) is 1.48. The van der Waals surface area contributed by atoms with E-state index in [0.717, 1.165) is 0 Å². The largest absolute Gasteiger partial charge is 0.450 e. The molecule has 1 fully saturated rings. The second kappa shape index (κ2) is 9.58. The number of rotatable bonds is 6. The fraction of sp³-hybridized carbons (Fsp3) is 0.350. The SMILES string of the molecule is CN(CC(=O)N1CCOCC1)C(=O)COC(=O)c1ccc(-c2ccccc2Cl)o1. The normalized spacial score (nSPS) is 13.8. The Morgan fingerprint density at radius 2 is 1.86 bits per heavy atom. The Balaban J connectivity index is 1.50. The van der Waals surface area contributed by atoms with Gasteiger partial charge in [-0.2, -0.15) is 0 Å². The van der Waals surface area contributed by atoms with Crippen LogP contribution in [0.4, 0.5) is 0 Å². The molecule has 1 aliphatic rings. The van der Waals surface area contributed by atoms with Gasteiger partial charge in [0.1, 0.15) is 5.76 Å². The minimum absolute atomic E-state index is 0.0419. The molecule has 8 nitrogen and oxygen atoms in total. The van der Waals surface area contributed by atoms with Crippen molar-refractivity contribution in [3.63, 3.8) is 0 Å². The minimum atomic E-state index is -0.774. The number of benzene rings is 1. The number of nitrogens with zero attached hydrogens (tertiary/aromatic N) is 2. The van der Waals surface area contributed by atoms with Gasteiger partial charge in [0.05, 0.1) is 24.8 Å². The van der Waals surface area contributed by atoms with Crippen LogP contribution in [0.1, 0.15) is 10.6 Å². The highest BCUT2D eigenvalue weighted by molar-refractivity contribution is 6.33. The molecule has 0 saturated carbocycles. The van der Waals surface area contributed by atoms with Crippen molar-refractivity contribution in [2.75, 3.05) is 46.5 Å². The van der Waals surface area contributed by atoms with Gasteiger partial charge in [0.25, 0.3) is 5.91 Å². The van der Waals surface area contributed by atoms with Crippen molar-refractivity contribution in [3.05, 3.63) is 47.2 Å². The molecule has 154 valence electrons. The van der Waals surface area contributed by atoms with Crippen molar-refractivity contribution >= 4 is 29.4 Å². The van der Waals surface area contributed by atoms with E-state index < -0.39 is 18.5 Å². The van der Waals surface area contributed by atoms with Gasteiger partial charge in [-0.05, 0) is 24.3 Å². The van der Waals surface area contributed by atoms with Gasteiger partial charge in [-0.25, -0.2) is 4.79 Å². The Kier molecular flexibility index (Phi) is 6.90. The zero-order valence-electron chi connectivity index (χ0n) is 15.9. The molecule has 2 aromatic rings. The van der Waals surface area contributed by atoms with Gasteiger partial charge in [0.2, 0.25) is 11.7 Å². The topological polar surface area (TPSA) is 89.3 Å². The summed E-state index contributed by atoms with van der Waals surface area (Å²) in [5.74, 6) is -1.06. The van der Waals surface area contributed by atoms with E-state index in [2.05, 4.69) is 0 Å². The van der Waals surface area contributed by atoms with Gasteiger partial charge < -0.3 is 23.7 Å². The molecule has 1 aliphatic heterocycles. The van der Waals surface area contributed by atoms with E-state index in [-0.39, 0.29) is 18.2 Å². The molecule has 0 atom stereocenters. The first-order valence-corrected chi connectivity index (χ1v) is 9.45. The van der Waals surface area contributed by atoms with Crippen LogP contribution < -0.4 is 0 Å². The minimum Gasteiger partial charge on any atom is -0.450 e. The second-order valence-corrected chi connectivity index (χ2v) is 6.87. The number of ether oxygens (including phenoxy) is 2. The van der Waals surface area contributed by atoms with Crippen molar-refractivity contribution in [2.24, 2.45) is 0 Å². The highest BCUT2D eigenvalue weighted by Crippen LogP contribution is 2.29. The molecular formula is C20H21ClN2O6. The van der Waals surface area contributed by atoms with Crippen LogP contribution in [0.3, 0.4) is 0 Å². The Morgan fingerprint density at radius 1 is 1.14 bits per heavy atom. The molecule has 0 radical (unpaired) electrons. The van der Waals surface area contributed by atoms with Crippen molar-refractivity contribution in [1.82, 2.24) is 9.80 Å². The summed E-state index contributed by atoms with van der Waals surface area (Å²) in [4.78, 5) is 39.4.